The lowest BCUT2D eigenvalue weighted by Gasteiger charge is -2.13. The van der Waals surface area contributed by atoms with Crippen LogP contribution in [0.3, 0.4) is 0 Å². The van der Waals surface area contributed by atoms with Gasteiger partial charge in [-0.25, -0.2) is 12.8 Å². The molecular formula is C15H15FN2O4S. The van der Waals surface area contributed by atoms with Gasteiger partial charge in [0.05, 0.1) is 17.7 Å². The molecule has 2 aromatic carbocycles. The predicted octanol–water partition coefficient (Wildman–Crippen LogP) is 2.59. The Kier molecular flexibility index (Phi) is 4.85. The molecule has 0 saturated heterocycles. The van der Waals surface area contributed by atoms with Gasteiger partial charge in [0.15, 0.2) is 0 Å². The second-order valence-electron chi connectivity index (χ2n) is 4.66. The van der Waals surface area contributed by atoms with Gasteiger partial charge in [0.1, 0.15) is 11.6 Å². The number of carbonyl (C=O) groups is 1. The molecule has 0 radical (unpaired) electrons. The molecule has 0 atom stereocenters. The maximum Gasteiger partial charge on any atom is 0.262 e. The van der Waals surface area contributed by atoms with Gasteiger partial charge < -0.3 is 10.1 Å². The van der Waals surface area contributed by atoms with E-state index in [9.17, 15) is 17.6 Å². The van der Waals surface area contributed by atoms with Crippen LogP contribution >= 0.6 is 0 Å². The lowest BCUT2D eigenvalue weighted by atomic mass is 10.2. The Labute approximate surface area is 133 Å². The van der Waals surface area contributed by atoms with Crippen molar-refractivity contribution in [3.8, 4) is 5.75 Å². The van der Waals surface area contributed by atoms with Gasteiger partial charge in [-0.1, -0.05) is 0 Å². The molecule has 0 bridgehead atoms. The Morgan fingerprint density at radius 3 is 2.35 bits per heavy atom. The fraction of sp³-hybridized carbons (Fsp3) is 0.133. The molecule has 2 N–H and O–H groups in total. The SMILES string of the molecule is COc1ccc(NC(C)=O)cc1NS(=O)(=O)c1ccc(F)cc1. The first-order valence-corrected chi connectivity index (χ1v) is 8.04. The Morgan fingerprint density at radius 1 is 1.13 bits per heavy atom. The van der Waals surface area contributed by atoms with Crippen LogP contribution in [0.2, 0.25) is 0 Å². The number of ether oxygens (including phenoxy) is 1. The largest absolute Gasteiger partial charge is 0.495 e. The second-order valence-corrected chi connectivity index (χ2v) is 6.34. The third-order valence-corrected chi connectivity index (χ3v) is 4.27. The van der Waals surface area contributed by atoms with E-state index in [-0.39, 0.29) is 22.2 Å². The van der Waals surface area contributed by atoms with Crippen LogP contribution in [0.5, 0.6) is 5.75 Å². The van der Waals surface area contributed by atoms with Crippen molar-refractivity contribution < 1.29 is 22.3 Å². The molecule has 0 fully saturated rings. The zero-order valence-electron chi connectivity index (χ0n) is 12.5. The van der Waals surface area contributed by atoms with Crippen molar-refractivity contribution in [1.82, 2.24) is 0 Å². The molecule has 0 saturated carbocycles. The highest BCUT2D eigenvalue weighted by Crippen LogP contribution is 2.30. The molecule has 0 aliphatic rings. The Balaban J connectivity index is 2.37. The summed E-state index contributed by atoms with van der Waals surface area (Å²) in [7, 11) is -2.53. The standard InChI is InChI=1S/C15H15FN2O4S/c1-10(19)17-12-5-8-15(22-2)14(9-12)18-23(20,21)13-6-3-11(16)4-7-13/h3-9,18H,1-2H3,(H,17,19). The zero-order valence-corrected chi connectivity index (χ0v) is 13.3. The lowest BCUT2D eigenvalue weighted by Crippen LogP contribution is -2.14. The molecule has 0 aliphatic carbocycles. The maximum absolute atomic E-state index is 12.9. The Morgan fingerprint density at radius 2 is 1.78 bits per heavy atom. The number of nitrogens with one attached hydrogen (secondary N) is 2. The summed E-state index contributed by atoms with van der Waals surface area (Å²) in [5, 5.41) is 2.55. The molecule has 23 heavy (non-hydrogen) atoms. The van der Waals surface area contributed by atoms with Crippen LogP contribution in [-0.2, 0) is 14.8 Å². The van der Waals surface area contributed by atoms with Crippen LogP contribution in [0, 0.1) is 5.82 Å². The molecule has 122 valence electrons. The van der Waals surface area contributed by atoms with E-state index in [2.05, 4.69) is 10.0 Å². The van der Waals surface area contributed by atoms with E-state index in [4.69, 9.17) is 4.74 Å². The number of sulfonamides is 1. The normalized spacial score (nSPS) is 10.9. The average molecular weight is 338 g/mol. The summed E-state index contributed by atoms with van der Waals surface area (Å²) in [6.45, 7) is 1.34. The van der Waals surface area contributed by atoms with Gasteiger partial charge in [-0.05, 0) is 42.5 Å². The van der Waals surface area contributed by atoms with Crippen molar-refractivity contribution in [2.24, 2.45) is 0 Å². The molecule has 2 rings (SSSR count). The van der Waals surface area contributed by atoms with Crippen molar-refractivity contribution in [2.45, 2.75) is 11.8 Å². The van der Waals surface area contributed by atoms with E-state index >= 15 is 0 Å². The van der Waals surface area contributed by atoms with Gasteiger partial charge >= 0.3 is 0 Å². The number of anilines is 2. The first-order chi connectivity index (χ1) is 10.8. The molecule has 0 aliphatic heterocycles. The van der Waals surface area contributed by atoms with Crippen LogP contribution in [0.15, 0.2) is 47.4 Å². The number of amides is 1. The van der Waals surface area contributed by atoms with Gasteiger partial charge in [-0.3, -0.25) is 9.52 Å². The lowest BCUT2D eigenvalue weighted by molar-refractivity contribution is -0.114. The number of hydrogen-bond acceptors (Lipinski definition) is 4. The van der Waals surface area contributed by atoms with Gasteiger partial charge in [0.2, 0.25) is 5.91 Å². The summed E-state index contributed by atoms with van der Waals surface area (Å²) in [5.74, 6) is -0.540. The van der Waals surface area contributed by atoms with E-state index in [1.165, 1.54) is 26.2 Å². The number of halogens is 1. The first-order valence-electron chi connectivity index (χ1n) is 6.56. The minimum Gasteiger partial charge on any atom is -0.495 e. The molecule has 0 heterocycles. The van der Waals surface area contributed by atoms with Crippen molar-refractivity contribution in [2.75, 3.05) is 17.1 Å². The smallest absolute Gasteiger partial charge is 0.262 e. The number of hydrogen-bond donors (Lipinski definition) is 2. The molecule has 2 aromatic rings. The van der Waals surface area contributed by atoms with E-state index in [0.29, 0.717) is 5.69 Å². The van der Waals surface area contributed by atoms with E-state index < -0.39 is 15.8 Å². The van der Waals surface area contributed by atoms with Crippen LogP contribution in [0.4, 0.5) is 15.8 Å². The molecule has 0 aromatic heterocycles. The number of carbonyl (C=O) groups excluding carboxylic acids is 1. The summed E-state index contributed by atoms with van der Waals surface area (Å²) >= 11 is 0. The summed E-state index contributed by atoms with van der Waals surface area (Å²) in [6, 6.07) is 8.95. The minimum atomic E-state index is -3.92. The quantitative estimate of drug-likeness (QED) is 0.877. The number of methoxy groups -OCH3 is 1. The van der Waals surface area contributed by atoms with Crippen molar-refractivity contribution in [1.29, 1.82) is 0 Å². The molecule has 0 unspecified atom stereocenters. The minimum absolute atomic E-state index is 0.0918. The summed E-state index contributed by atoms with van der Waals surface area (Å²) < 4.78 is 45.1. The van der Waals surface area contributed by atoms with E-state index in [0.717, 1.165) is 24.3 Å². The summed E-state index contributed by atoms with van der Waals surface area (Å²) in [6.07, 6.45) is 0. The number of rotatable bonds is 5. The zero-order chi connectivity index (χ0) is 17.0. The van der Waals surface area contributed by atoms with Crippen LogP contribution in [-0.4, -0.2) is 21.4 Å². The predicted molar refractivity (Wildman–Crippen MR) is 84.5 cm³/mol. The third kappa shape index (κ3) is 4.19. The van der Waals surface area contributed by atoms with Gasteiger partial charge in [0, 0.05) is 12.6 Å². The second kappa shape index (κ2) is 6.66. The molecule has 6 nitrogen and oxygen atoms in total. The highest BCUT2D eigenvalue weighted by molar-refractivity contribution is 7.92. The molecule has 8 heteroatoms. The fourth-order valence-electron chi connectivity index (χ4n) is 1.89. The van der Waals surface area contributed by atoms with E-state index in [1.54, 1.807) is 6.07 Å². The average Bonchev–Trinajstić information content (AvgIpc) is 2.47. The molecule has 0 spiro atoms. The van der Waals surface area contributed by atoms with Crippen LogP contribution in [0.1, 0.15) is 6.92 Å². The fourth-order valence-corrected chi connectivity index (χ4v) is 2.95. The monoisotopic (exact) mass is 338 g/mol. The van der Waals surface area contributed by atoms with Gasteiger partial charge in [0.25, 0.3) is 10.0 Å². The van der Waals surface area contributed by atoms with Gasteiger partial charge in [-0.15, -0.1) is 0 Å². The number of benzene rings is 2. The molecular weight excluding hydrogens is 323 g/mol. The highest BCUT2D eigenvalue weighted by Gasteiger charge is 2.17. The van der Waals surface area contributed by atoms with Crippen molar-refractivity contribution in [3.63, 3.8) is 0 Å². The van der Waals surface area contributed by atoms with Crippen LogP contribution in [0.25, 0.3) is 0 Å². The summed E-state index contributed by atoms with van der Waals surface area (Å²) in [4.78, 5) is 11.0. The highest BCUT2D eigenvalue weighted by atomic mass is 32.2. The maximum atomic E-state index is 12.9. The Hall–Kier alpha value is -2.61. The molecule has 1 amide bonds. The Bertz CT molecular complexity index is 820. The van der Waals surface area contributed by atoms with Crippen molar-refractivity contribution >= 4 is 27.3 Å². The van der Waals surface area contributed by atoms with Crippen molar-refractivity contribution in [3.05, 3.63) is 48.3 Å². The van der Waals surface area contributed by atoms with Gasteiger partial charge in [-0.2, -0.15) is 0 Å². The third-order valence-electron chi connectivity index (χ3n) is 2.89. The summed E-state index contributed by atoms with van der Waals surface area (Å²) in [5.41, 5.74) is 0.568. The van der Waals surface area contributed by atoms with E-state index in [1.807, 2.05) is 0 Å². The first kappa shape index (κ1) is 16.8. The topological polar surface area (TPSA) is 84.5 Å². The van der Waals surface area contributed by atoms with Crippen LogP contribution < -0.4 is 14.8 Å².